The molecular formula is C23H29N7O4S. The molecule has 0 bridgehead atoms. The van der Waals surface area contributed by atoms with Gasteiger partial charge in [-0.25, -0.2) is 13.1 Å². The van der Waals surface area contributed by atoms with E-state index in [2.05, 4.69) is 32.2 Å². The SMILES string of the molecule is CCCC(c1nnnn1CS(=O)(=O)c1ccc(C)cc1)N1CCN(c2ccc([N+](=O)[O-])cc2)CC1. The first-order valence-electron chi connectivity index (χ1n) is 11.6. The summed E-state index contributed by atoms with van der Waals surface area (Å²) in [5.41, 5.74) is 2.00. The number of sulfone groups is 1. The highest BCUT2D eigenvalue weighted by atomic mass is 32.2. The summed E-state index contributed by atoms with van der Waals surface area (Å²) in [4.78, 5) is 15.2. The van der Waals surface area contributed by atoms with Crippen LogP contribution in [0.4, 0.5) is 11.4 Å². The molecule has 0 amide bonds. The molecule has 1 aliphatic rings. The Balaban J connectivity index is 1.48. The van der Waals surface area contributed by atoms with Gasteiger partial charge in [-0.3, -0.25) is 15.0 Å². The summed E-state index contributed by atoms with van der Waals surface area (Å²) in [6.07, 6.45) is 1.69. The van der Waals surface area contributed by atoms with Crippen molar-refractivity contribution in [1.29, 1.82) is 0 Å². The lowest BCUT2D eigenvalue weighted by molar-refractivity contribution is -0.384. The van der Waals surface area contributed by atoms with E-state index in [0.29, 0.717) is 5.82 Å². The van der Waals surface area contributed by atoms with Crippen LogP contribution < -0.4 is 4.90 Å². The van der Waals surface area contributed by atoms with E-state index >= 15 is 0 Å². The second kappa shape index (κ2) is 10.5. The lowest BCUT2D eigenvalue weighted by atomic mass is 10.1. The molecule has 2 heterocycles. The number of anilines is 1. The molecule has 12 heteroatoms. The summed E-state index contributed by atoms with van der Waals surface area (Å²) in [5.74, 6) is 0.229. The third-order valence-electron chi connectivity index (χ3n) is 6.27. The highest BCUT2D eigenvalue weighted by Gasteiger charge is 2.30. The first-order chi connectivity index (χ1) is 16.8. The number of aryl methyl sites for hydroxylation is 1. The van der Waals surface area contributed by atoms with Crippen LogP contribution in [0.15, 0.2) is 53.4 Å². The van der Waals surface area contributed by atoms with Crippen molar-refractivity contribution in [2.75, 3.05) is 31.1 Å². The van der Waals surface area contributed by atoms with Gasteiger partial charge in [0.05, 0.1) is 15.9 Å². The Morgan fingerprint density at radius 3 is 2.29 bits per heavy atom. The third kappa shape index (κ3) is 5.65. The van der Waals surface area contributed by atoms with Gasteiger partial charge in [0.1, 0.15) is 0 Å². The van der Waals surface area contributed by atoms with Crippen LogP contribution in [0.2, 0.25) is 0 Å². The van der Waals surface area contributed by atoms with Crippen molar-refractivity contribution in [3.8, 4) is 0 Å². The Morgan fingerprint density at radius 1 is 1.03 bits per heavy atom. The van der Waals surface area contributed by atoms with Gasteiger partial charge in [-0.2, -0.15) is 0 Å². The van der Waals surface area contributed by atoms with Crippen LogP contribution >= 0.6 is 0 Å². The van der Waals surface area contributed by atoms with E-state index in [1.165, 1.54) is 16.8 Å². The number of piperazine rings is 1. The number of aromatic nitrogens is 4. The van der Waals surface area contributed by atoms with Crippen molar-refractivity contribution in [2.24, 2.45) is 0 Å². The molecule has 1 atom stereocenters. The van der Waals surface area contributed by atoms with Gasteiger partial charge in [-0.05, 0) is 48.0 Å². The minimum absolute atomic E-state index is 0.0721. The van der Waals surface area contributed by atoms with Gasteiger partial charge in [0.15, 0.2) is 21.5 Å². The predicted molar refractivity (Wildman–Crippen MR) is 131 cm³/mol. The van der Waals surface area contributed by atoms with E-state index in [4.69, 9.17) is 0 Å². The average molecular weight is 500 g/mol. The van der Waals surface area contributed by atoms with Gasteiger partial charge in [0, 0.05) is 44.0 Å². The van der Waals surface area contributed by atoms with Gasteiger partial charge in [-0.1, -0.05) is 31.0 Å². The number of hydrogen-bond acceptors (Lipinski definition) is 9. The average Bonchev–Trinajstić information content (AvgIpc) is 3.30. The summed E-state index contributed by atoms with van der Waals surface area (Å²) >= 11 is 0. The van der Waals surface area contributed by atoms with Gasteiger partial charge in [-0.15, -0.1) is 5.10 Å². The number of non-ortho nitro benzene ring substituents is 1. The predicted octanol–water partition coefficient (Wildman–Crippen LogP) is 2.98. The number of nitrogens with zero attached hydrogens (tertiary/aromatic N) is 7. The summed E-state index contributed by atoms with van der Waals surface area (Å²) in [6.45, 7) is 6.94. The molecule has 1 fully saturated rings. The zero-order chi connectivity index (χ0) is 25.0. The maximum atomic E-state index is 13.0. The highest BCUT2D eigenvalue weighted by Crippen LogP contribution is 2.28. The van der Waals surface area contributed by atoms with Crippen molar-refractivity contribution in [2.45, 2.75) is 43.5 Å². The Kier molecular flexibility index (Phi) is 7.41. The van der Waals surface area contributed by atoms with Crippen LogP contribution in [-0.4, -0.2) is 64.6 Å². The molecule has 1 aromatic heterocycles. The van der Waals surface area contributed by atoms with Crippen LogP contribution in [0.3, 0.4) is 0 Å². The molecule has 0 aliphatic carbocycles. The molecule has 35 heavy (non-hydrogen) atoms. The largest absolute Gasteiger partial charge is 0.369 e. The molecular weight excluding hydrogens is 470 g/mol. The van der Waals surface area contributed by atoms with E-state index < -0.39 is 14.8 Å². The molecule has 0 saturated carbocycles. The number of hydrogen-bond donors (Lipinski definition) is 0. The monoisotopic (exact) mass is 499 g/mol. The number of benzene rings is 2. The Labute approximate surface area is 204 Å². The first kappa shape index (κ1) is 24.7. The second-order valence-electron chi connectivity index (χ2n) is 8.69. The molecule has 1 unspecified atom stereocenters. The Bertz CT molecular complexity index is 1250. The summed E-state index contributed by atoms with van der Waals surface area (Å²) in [7, 11) is -3.61. The Hall–Kier alpha value is -3.38. The molecule has 4 rings (SSSR count). The van der Waals surface area contributed by atoms with Crippen molar-refractivity contribution in [1.82, 2.24) is 25.1 Å². The smallest absolute Gasteiger partial charge is 0.269 e. The van der Waals surface area contributed by atoms with Crippen LogP contribution in [-0.2, 0) is 15.7 Å². The summed E-state index contributed by atoms with van der Waals surface area (Å²) in [5, 5.41) is 23.0. The van der Waals surface area contributed by atoms with Crippen molar-refractivity contribution < 1.29 is 13.3 Å². The topological polar surface area (TPSA) is 127 Å². The minimum Gasteiger partial charge on any atom is -0.369 e. The van der Waals surface area contributed by atoms with E-state index in [0.717, 1.165) is 50.3 Å². The van der Waals surface area contributed by atoms with Gasteiger partial charge >= 0.3 is 0 Å². The molecule has 3 aromatic rings. The maximum absolute atomic E-state index is 13.0. The standard InChI is InChI=1S/C23H29N7O4S/c1-3-4-22(28-15-13-27(14-16-28)19-7-9-20(10-8-19)30(31)32)23-24-25-26-29(23)17-35(33,34)21-11-5-18(2)6-12-21/h5-12,22H,3-4,13-17H2,1-2H3. The van der Waals surface area contributed by atoms with E-state index in [1.807, 2.05) is 6.92 Å². The molecule has 0 N–H and O–H groups in total. The number of nitro groups is 1. The lowest BCUT2D eigenvalue weighted by Crippen LogP contribution is -2.48. The molecule has 1 aliphatic heterocycles. The molecule has 2 aromatic carbocycles. The quantitative estimate of drug-likeness (QED) is 0.322. The zero-order valence-electron chi connectivity index (χ0n) is 19.8. The van der Waals surface area contributed by atoms with E-state index in [-0.39, 0.29) is 22.5 Å². The van der Waals surface area contributed by atoms with E-state index in [1.54, 1.807) is 36.4 Å². The highest BCUT2D eigenvalue weighted by molar-refractivity contribution is 7.90. The molecule has 0 radical (unpaired) electrons. The first-order valence-corrected chi connectivity index (χ1v) is 13.2. The lowest BCUT2D eigenvalue weighted by Gasteiger charge is -2.39. The molecule has 11 nitrogen and oxygen atoms in total. The normalized spacial score (nSPS) is 15.8. The van der Waals surface area contributed by atoms with Gasteiger partial charge in [0.25, 0.3) is 5.69 Å². The van der Waals surface area contributed by atoms with Crippen LogP contribution in [0.1, 0.15) is 37.2 Å². The summed E-state index contributed by atoms with van der Waals surface area (Å²) in [6, 6.07) is 13.2. The fourth-order valence-electron chi connectivity index (χ4n) is 4.35. The number of tetrazole rings is 1. The van der Waals surface area contributed by atoms with Crippen molar-refractivity contribution in [3.63, 3.8) is 0 Å². The third-order valence-corrected chi connectivity index (χ3v) is 7.85. The van der Waals surface area contributed by atoms with Crippen LogP contribution in [0, 0.1) is 17.0 Å². The fourth-order valence-corrected chi connectivity index (χ4v) is 5.55. The maximum Gasteiger partial charge on any atom is 0.269 e. The Morgan fingerprint density at radius 2 is 1.69 bits per heavy atom. The second-order valence-corrected chi connectivity index (χ2v) is 10.7. The number of nitro benzene ring substituents is 1. The minimum atomic E-state index is -3.61. The molecule has 1 saturated heterocycles. The zero-order valence-corrected chi connectivity index (χ0v) is 20.6. The van der Waals surface area contributed by atoms with Gasteiger partial charge in [0.2, 0.25) is 0 Å². The van der Waals surface area contributed by atoms with Gasteiger partial charge < -0.3 is 4.90 Å². The summed E-state index contributed by atoms with van der Waals surface area (Å²) < 4.78 is 27.4. The molecule has 0 spiro atoms. The van der Waals surface area contributed by atoms with E-state index in [9.17, 15) is 18.5 Å². The van der Waals surface area contributed by atoms with Crippen molar-refractivity contribution >= 4 is 21.2 Å². The number of rotatable bonds is 9. The van der Waals surface area contributed by atoms with Crippen LogP contribution in [0.5, 0.6) is 0 Å². The molecule has 186 valence electrons. The van der Waals surface area contributed by atoms with Crippen LogP contribution in [0.25, 0.3) is 0 Å². The fraction of sp³-hybridized carbons (Fsp3) is 0.435. The van der Waals surface area contributed by atoms with Crippen molar-refractivity contribution in [3.05, 3.63) is 70.0 Å².